The number of ether oxygens (including phenoxy) is 3. The standard InChI is InChI=1S/C25H24N2O7/c1-14-4-8-17(9-5-14)22(29)32-19-12-20(27-13-16(3)21(28)26-25(27)31)33-24(19)34-23(30)18-10-6-15(2)7-11-18/h4-11,13,19-20,24H,12H2,1-3H3,(H,26,28,31)/t19?,20-,24-/m1/s1. The van der Waals surface area contributed by atoms with E-state index >= 15 is 0 Å². The molecule has 0 bridgehead atoms. The lowest BCUT2D eigenvalue weighted by atomic mass is 10.1. The zero-order valence-corrected chi connectivity index (χ0v) is 18.9. The average Bonchev–Trinajstić information content (AvgIpc) is 3.18. The van der Waals surface area contributed by atoms with E-state index in [1.165, 1.54) is 10.8 Å². The number of hydrogen-bond acceptors (Lipinski definition) is 7. The van der Waals surface area contributed by atoms with Crippen molar-refractivity contribution < 1.29 is 23.8 Å². The van der Waals surface area contributed by atoms with Crippen LogP contribution in [0.5, 0.6) is 0 Å². The van der Waals surface area contributed by atoms with Crippen LogP contribution in [0, 0.1) is 20.8 Å². The van der Waals surface area contributed by atoms with Crippen molar-refractivity contribution in [1.82, 2.24) is 9.55 Å². The van der Waals surface area contributed by atoms with Crippen LogP contribution in [0.2, 0.25) is 0 Å². The Kier molecular flexibility index (Phi) is 6.47. The Morgan fingerprint density at radius 1 is 0.882 bits per heavy atom. The van der Waals surface area contributed by atoms with Gasteiger partial charge in [0.1, 0.15) is 6.23 Å². The van der Waals surface area contributed by atoms with Gasteiger partial charge in [-0.15, -0.1) is 0 Å². The first-order valence-electron chi connectivity index (χ1n) is 10.7. The van der Waals surface area contributed by atoms with Crippen molar-refractivity contribution in [2.75, 3.05) is 0 Å². The molecule has 0 amide bonds. The monoisotopic (exact) mass is 464 g/mol. The zero-order chi connectivity index (χ0) is 24.4. The van der Waals surface area contributed by atoms with Crippen LogP contribution in [-0.4, -0.2) is 33.9 Å². The van der Waals surface area contributed by atoms with E-state index in [1.807, 2.05) is 13.8 Å². The number of aromatic nitrogens is 2. The van der Waals surface area contributed by atoms with Gasteiger partial charge in [-0.2, -0.15) is 0 Å². The van der Waals surface area contributed by atoms with Crippen molar-refractivity contribution >= 4 is 11.9 Å². The lowest BCUT2D eigenvalue weighted by Crippen LogP contribution is -2.33. The molecule has 4 rings (SSSR count). The molecule has 3 aromatic rings. The third-order valence-electron chi connectivity index (χ3n) is 5.54. The van der Waals surface area contributed by atoms with E-state index in [0.29, 0.717) is 16.7 Å². The second-order valence-corrected chi connectivity index (χ2v) is 8.25. The molecule has 1 aromatic heterocycles. The van der Waals surface area contributed by atoms with E-state index in [9.17, 15) is 19.2 Å². The van der Waals surface area contributed by atoms with Crippen molar-refractivity contribution in [3.63, 3.8) is 0 Å². The van der Waals surface area contributed by atoms with E-state index in [-0.39, 0.29) is 6.42 Å². The molecule has 0 spiro atoms. The quantitative estimate of drug-likeness (QED) is 0.577. The number of carbonyl (C=O) groups is 2. The van der Waals surface area contributed by atoms with Gasteiger partial charge < -0.3 is 14.2 Å². The number of benzene rings is 2. The van der Waals surface area contributed by atoms with E-state index in [0.717, 1.165) is 11.1 Å². The number of aryl methyl sites for hydroxylation is 3. The Balaban J connectivity index is 1.59. The van der Waals surface area contributed by atoms with Gasteiger partial charge in [0.15, 0.2) is 6.10 Å². The largest absolute Gasteiger partial charge is 0.452 e. The highest BCUT2D eigenvalue weighted by Crippen LogP contribution is 2.32. The fourth-order valence-corrected chi connectivity index (χ4v) is 3.55. The van der Waals surface area contributed by atoms with Gasteiger partial charge >= 0.3 is 17.6 Å². The predicted octanol–water partition coefficient (Wildman–Crippen LogP) is 2.79. The molecule has 0 saturated carbocycles. The van der Waals surface area contributed by atoms with E-state index in [4.69, 9.17) is 14.2 Å². The third kappa shape index (κ3) is 4.99. The molecule has 0 aliphatic carbocycles. The Hall–Kier alpha value is -3.98. The minimum absolute atomic E-state index is 0.0365. The normalized spacial score (nSPS) is 19.6. The van der Waals surface area contributed by atoms with Crippen LogP contribution >= 0.6 is 0 Å². The molecule has 1 aliphatic rings. The summed E-state index contributed by atoms with van der Waals surface area (Å²) in [4.78, 5) is 51.7. The molecule has 1 fully saturated rings. The van der Waals surface area contributed by atoms with Gasteiger partial charge in [-0.05, 0) is 45.0 Å². The van der Waals surface area contributed by atoms with Crippen LogP contribution in [0.1, 0.15) is 50.1 Å². The molecule has 1 saturated heterocycles. The number of aromatic amines is 1. The van der Waals surface area contributed by atoms with Crippen molar-refractivity contribution in [3.8, 4) is 0 Å². The number of carbonyl (C=O) groups excluding carboxylic acids is 2. The molecular weight excluding hydrogens is 440 g/mol. The lowest BCUT2D eigenvalue weighted by Gasteiger charge is -2.19. The van der Waals surface area contributed by atoms with Crippen molar-refractivity contribution in [2.45, 2.75) is 45.8 Å². The van der Waals surface area contributed by atoms with E-state index in [1.54, 1.807) is 55.5 Å². The Bertz CT molecular complexity index is 1260. The summed E-state index contributed by atoms with van der Waals surface area (Å²) < 4.78 is 18.2. The van der Waals surface area contributed by atoms with E-state index < -0.39 is 41.8 Å². The predicted molar refractivity (Wildman–Crippen MR) is 122 cm³/mol. The van der Waals surface area contributed by atoms with Crippen LogP contribution in [0.3, 0.4) is 0 Å². The SMILES string of the molecule is Cc1ccc(C(=O)OC2C[C@H](n3cc(C)c(=O)[nH]c3=O)O[C@@H]2OC(=O)c2ccc(C)cc2)cc1. The van der Waals surface area contributed by atoms with Gasteiger partial charge in [0, 0.05) is 18.2 Å². The Morgan fingerprint density at radius 2 is 1.41 bits per heavy atom. The molecule has 34 heavy (non-hydrogen) atoms. The molecular formula is C25H24N2O7. The van der Waals surface area contributed by atoms with Crippen LogP contribution in [0.25, 0.3) is 0 Å². The van der Waals surface area contributed by atoms with Gasteiger partial charge in [0.25, 0.3) is 5.56 Å². The molecule has 2 heterocycles. The number of H-pyrrole nitrogens is 1. The number of hydrogen-bond donors (Lipinski definition) is 1. The molecule has 1 aliphatic heterocycles. The van der Waals surface area contributed by atoms with Crippen molar-refractivity contribution in [3.05, 3.63) is 103 Å². The molecule has 2 aromatic carbocycles. The molecule has 9 nitrogen and oxygen atoms in total. The molecule has 1 N–H and O–H groups in total. The first kappa shape index (κ1) is 23.2. The number of rotatable bonds is 5. The van der Waals surface area contributed by atoms with Crippen LogP contribution in [-0.2, 0) is 14.2 Å². The summed E-state index contributed by atoms with van der Waals surface area (Å²) in [5.41, 5.74) is 1.70. The summed E-state index contributed by atoms with van der Waals surface area (Å²) in [5, 5.41) is 0. The topological polar surface area (TPSA) is 117 Å². The summed E-state index contributed by atoms with van der Waals surface area (Å²) in [6, 6.07) is 13.6. The van der Waals surface area contributed by atoms with Crippen molar-refractivity contribution in [2.24, 2.45) is 0 Å². The van der Waals surface area contributed by atoms with Gasteiger partial charge in [0.2, 0.25) is 6.29 Å². The molecule has 176 valence electrons. The third-order valence-corrected chi connectivity index (χ3v) is 5.54. The second kappa shape index (κ2) is 9.48. The van der Waals surface area contributed by atoms with Crippen LogP contribution in [0.4, 0.5) is 0 Å². The fraction of sp³-hybridized carbons (Fsp3) is 0.280. The zero-order valence-electron chi connectivity index (χ0n) is 18.9. The van der Waals surface area contributed by atoms with Crippen molar-refractivity contribution in [1.29, 1.82) is 0 Å². The molecule has 0 radical (unpaired) electrons. The minimum Gasteiger partial charge on any atom is -0.452 e. The van der Waals surface area contributed by atoms with Crippen LogP contribution in [0.15, 0.2) is 64.3 Å². The fourth-order valence-electron chi connectivity index (χ4n) is 3.55. The lowest BCUT2D eigenvalue weighted by molar-refractivity contribution is -0.149. The Morgan fingerprint density at radius 3 is 1.97 bits per heavy atom. The minimum atomic E-state index is -1.26. The van der Waals surface area contributed by atoms with Gasteiger partial charge in [0.05, 0.1) is 11.1 Å². The number of esters is 2. The van der Waals surface area contributed by atoms with E-state index in [2.05, 4.69) is 4.98 Å². The molecule has 3 atom stereocenters. The smallest absolute Gasteiger partial charge is 0.340 e. The maximum Gasteiger partial charge on any atom is 0.340 e. The summed E-state index contributed by atoms with van der Waals surface area (Å²) in [6.45, 7) is 5.34. The van der Waals surface area contributed by atoms with Gasteiger partial charge in [-0.1, -0.05) is 35.4 Å². The highest BCUT2D eigenvalue weighted by molar-refractivity contribution is 5.90. The van der Waals surface area contributed by atoms with Gasteiger partial charge in [-0.3, -0.25) is 14.3 Å². The summed E-state index contributed by atoms with van der Waals surface area (Å²) in [6.07, 6.45) is -1.77. The number of nitrogens with zero attached hydrogens (tertiary/aromatic N) is 1. The Labute approximate surface area is 194 Å². The highest BCUT2D eigenvalue weighted by atomic mass is 16.7. The molecule has 1 unspecified atom stereocenters. The first-order chi connectivity index (χ1) is 16.2. The summed E-state index contributed by atoms with van der Waals surface area (Å²) in [7, 11) is 0. The average molecular weight is 464 g/mol. The highest BCUT2D eigenvalue weighted by Gasteiger charge is 2.42. The summed E-state index contributed by atoms with van der Waals surface area (Å²) in [5.74, 6) is -1.28. The second-order valence-electron chi connectivity index (χ2n) is 8.25. The maximum atomic E-state index is 12.7. The first-order valence-corrected chi connectivity index (χ1v) is 10.7. The van der Waals surface area contributed by atoms with Crippen LogP contribution < -0.4 is 11.2 Å². The molecule has 9 heteroatoms. The maximum absolute atomic E-state index is 12.7. The van der Waals surface area contributed by atoms with Gasteiger partial charge in [-0.25, -0.2) is 14.4 Å². The summed E-state index contributed by atoms with van der Waals surface area (Å²) >= 11 is 0. The number of nitrogens with one attached hydrogen (secondary N) is 1.